The number of rotatable bonds is 15. The maximum absolute atomic E-state index is 12.8. The third-order valence-electron chi connectivity index (χ3n) is 6.63. The van der Waals surface area contributed by atoms with Crippen LogP contribution in [0.5, 0.6) is 23.0 Å². The number of ether oxygens (including phenoxy) is 5. The smallest absolute Gasteiger partial charge is 0.493 e. The minimum Gasteiger partial charge on any atom is -0.493 e. The molecule has 0 fully saturated rings. The van der Waals surface area contributed by atoms with Gasteiger partial charge in [-0.15, -0.1) is 0 Å². The molecular formula is C32H33N3O9. The lowest BCUT2D eigenvalue weighted by Crippen LogP contribution is -2.37. The highest BCUT2D eigenvalue weighted by atomic mass is 17.1. The third kappa shape index (κ3) is 8.16. The van der Waals surface area contributed by atoms with Crippen molar-refractivity contribution in [2.45, 2.75) is 12.7 Å². The van der Waals surface area contributed by atoms with Crippen molar-refractivity contribution < 1.29 is 43.7 Å². The molecule has 1 heterocycles. The standard InChI is InChI=1S/C32H33N3O9/c1-39-28-10-4-5-11-29(28)40-18-17-33-19-24(44-32(36)43-23-15-13-22(14-16-23)20-42-35(37)38)21-41-30-12-6-9-27-31(30)25-7-2-3-8-26(25)34-27/h2-16,24,33-34,37-38H,17-21H2,1H3. The van der Waals surface area contributed by atoms with Crippen LogP contribution in [0.2, 0.25) is 0 Å². The first-order chi connectivity index (χ1) is 21.5. The zero-order valence-corrected chi connectivity index (χ0v) is 24.0. The van der Waals surface area contributed by atoms with Gasteiger partial charge in [-0.1, -0.05) is 48.5 Å². The number of aromatic nitrogens is 1. The molecule has 0 aliphatic carbocycles. The average molecular weight is 604 g/mol. The first-order valence-electron chi connectivity index (χ1n) is 13.9. The van der Waals surface area contributed by atoms with Gasteiger partial charge in [0.1, 0.15) is 24.7 Å². The second-order valence-electron chi connectivity index (χ2n) is 9.63. The molecule has 0 radical (unpaired) electrons. The second kappa shape index (κ2) is 15.0. The zero-order valence-electron chi connectivity index (χ0n) is 24.0. The van der Waals surface area contributed by atoms with Gasteiger partial charge in [-0.05, 0) is 48.0 Å². The van der Waals surface area contributed by atoms with E-state index in [2.05, 4.69) is 15.1 Å². The number of hydrogen-bond acceptors (Lipinski definition) is 11. The van der Waals surface area contributed by atoms with Gasteiger partial charge in [0.2, 0.25) is 0 Å². The number of carbonyl (C=O) groups excluding carboxylic acids is 1. The summed E-state index contributed by atoms with van der Waals surface area (Å²) in [6, 6.07) is 27.4. The van der Waals surface area contributed by atoms with Gasteiger partial charge in [-0.3, -0.25) is 10.4 Å². The Bertz CT molecular complexity index is 1660. The summed E-state index contributed by atoms with van der Waals surface area (Å²) >= 11 is 0. The summed E-state index contributed by atoms with van der Waals surface area (Å²) < 4.78 is 28.4. The first-order valence-corrected chi connectivity index (χ1v) is 13.9. The topological polar surface area (TPSA) is 144 Å². The molecule has 0 spiro atoms. The molecule has 12 nitrogen and oxygen atoms in total. The van der Waals surface area contributed by atoms with Crippen LogP contribution in [-0.4, -0.2) is 66.5 Å². The number of hydrogen-bond donors (Lipinski definition) is 4. The fraction of sp³-hybridized carbons (Fsp3) is 0.219. The number of fused-ring (bicyclic) bond motifs is 3. The van der Waals surface area contributed by atoms with E-state index in [9.17, 15) is 4.79 Å². The molecule has 4 aromatic carbocycles. The van der Waals surface area contributed by atoms with Crippen LogP contribution in [0.3, 0.4) is 0 Å². The fourth-order valence-corrected chi connectivity index (χ4v) is 4.58. The van der Waals surface area contributed by atoms with Gasteiger partial charge in [-0.2, -0.15) is 0 Å². The normalized spacial score (nSPS) is 11.9. The van der Waals surface area contributed by atoms with E-state index >= 15 is 0 Å². The van der Waals surface area contributed by atoms with Crippen LogP contribution in [0.4, 0.5) is 4.79 Å². The molecule has 230 valence electrons. The number of methoxy groups -OCH3 is 1. The summed E-state index contributed by atoms with van der Waals surface area (Å²) in [6.07, 6.45) is -1.61. The van der Waals surface area contributed by atoms with Crippen LogP contribution < -0.4 is 24.3 Å². The number of benzene rings is 4. The molecule has 0 bridgehead atoms. The van der Waals surface area contributed by atoms with E-state index in [1.807, 2.05) is 66.7 Å². The van der Waals surface area contributed by atoms with Crippen molar-refractivity contribution in [3.8, 4) is 23.0 Å². The van der Waals surface area contributed by atoms with Crippen LogP contribution in [0, 0.1) is 0 Å². The van der Waals surface area contributed by atoms with E-state index in [1.54, 1.807) is 19.2 Å². The number of para-hydroxylation sites is 3. The Morgan fingerprint density at radius 3 is 2.39 bits per heavy atom. The van der Waals surface area contributed by atoms with Gasteiger partial charge in [0, 0.05) is 29.4 Å². The average Bonchev–Trinajstić information content (AvgIpc) is 3.42. The number of nitrogens with zero attached hydrogens (tertiary/aromatic N) is 1. The summed E-state index contributed by atoms with van der Waals surface area (Å²) in [5, 5.41) is 22.2. The molecule has 0 saturated heterocycles. The van der Waals surface area contributed by atoms with Crippen molar-refractivity contribution in [1.82, 2.24) is 15.7 Å². The van der Waals surface area contributed by atoms with E-state index in [0.717, 1.165) is 21.8 Å². The van der Waals surface area contributed by atoms with E-state index in [-0.39, 0.29) is 30.9 Å². The van der Waals surface area contributed by atoms with Crippen molar-refractivity contribution in [3.05, 3.63) is 96.6 Å². The predicted octanol–water partition coefficient (Wildman–Crippen LogP) is 5.47. The SMILES string of the molecule is COc1ccccc1OCCNCC(COc1cccc2[nH]c3ccccc3c12)OC(=O)Oc1ccc(CON(O)O)cc1. The zero-order chi connectivity index (χ0) is 30.7. The van der Waals surface area contributed by atoms with E-state index in [1.165, 1.54) is 12.1 Å². The first kappa shape index (κ1) is 30.6. The Kier molecular flexibility index (Phi) is 10.5. The lowest BCUT2D eigenvalue weighted by Gasteiger charge is -2.19. The molecule has 1 aromatic heterocycles. The Morgan fingerprint density at radius 1 is 0.864 bits per heavy atom. The van der Waals surface area contributed by atoms with Crippen LogP contribution in [0.15, 0.2) is 91.0 Å². The summed E-state index contributed by atoms with van der Waals surface area (Å²) in [4.78, 5) is 20.7. The quantitative estimate of drug-likeness (QED) is 0.0523. The highest BCUT2D eigenvalue weighted by Gasteiger charge is 2.19. The monoisotopic (exact) mass is 603 g/mol. The Hall–Kier alpha value is -4.85. The molecule has 1 atom stereocenters. The number of carbonyl (C=O) groups is 1. The summed E-state index contributed by atoms with van der Waals surface area (Å²) in [7, 11) is 1.59. The highest BCUT2D eigenvalue weighted by Crippen LogP contribution is 2.33. The summed E-state index contributed by atoms with van der Waals surface area (Å²) in [6.45, 7) is 1.06. The number of aromatic amines is 1. The van der Waals surface area contributed by atoms with Crippen LogP contribution in [0.1, 0.15) is 5.56 Å². The lowest BCUT2D eigenvalue weighted by molar-refractivity contribution is -0.497. The van der Waals surface area contributed by atoms with E-state index in [0.29, 0.717) is 36.0 Å². The second-order valence-corrected chi connectivity index (χ2v) is 9.63. The molecule has 0 aliphatic heterocycles. The largest absolute Gasteiger partial charge is 0.514 e. The maximum atomic E-state index is 12.8. The maximum Gasteiger partial charge on any atom is 0.514 e. The number of nitrogens with one attached hydrogen (secondary N) is 2. The molecule has 5 aromatic rings. The van der Waals surface area contributed by atoms with Crippen LogP contribution >= 0.6 is 0 Å². The van der Waals surface area contributed by atoms with Gasteiger partial charge in [0.15, 0.2) is 17.6 Å². The van der Waals surface area contributed by atoms with Crippen molar-refractivity contribution in [2.24, 2.45) is 0 Å². The van der Waals surface area contributed by atoms with Crippen LogP contribution in [-0.2, 0) is 16.2 Å². The van der Waals surface area contributed by atoms with Crippen molar-refractivity contribution in [1.29, 1.82) is 0 Å². The van der Waals surface area contributed by atoms with E-state index in [4.69, 9.17) is 34.1 Å². The molecule has 12 heteroatoms. The van der Waals surface area contributed by atoms with Crippen molar-refractivity contribution in [2.75, 3.05) is 33.4 Å². The molecule has 0 amide bonds. The molecular weight excluding hydrogens is 570 g/mol. The van der Waals surface area contributed by atoms with Gasteiger partial charge >= 0.3 is 6.16 Å². The molecule has 0 aliphatic rings. The predicted molar refractivity (Wildman–Crippen MR) is 160 cm³/mol. The molecule has 44 heavy (non-hydrogen) atoms. The van der Waals surface area contributed by atoms with Crippen LogP contribution in [0.25, 0.3) is 21.8 Å². The van der Waals surface area contributed by atoms with Crippen molar-refractivity contribution >= 4 is 28.0 Å². The molecule has 1 unspecified atom stereocenters. The summed E-state index contributed by atoms with van der Waals surface area (Å²) in [5.74, 6) is 2.17. The Balaban J connectivity index is 1.21. The lowest BCUT2D eigenvalue weighted by atomic mass is 10.1. The summed E-state index contributed by atoms with van der Waals surface area (Å²) in [5.41, 5.74) is 2.55. The van der Waals surface area contributed by atoms with E-state index < -0.39 is 12.3 Å². The molecule has 0 saturated carbocycles. The minimum absolute atomic E-state index is 0.0587. The molecule has 5 rings (SSSR count). The van der Waals surface area contributed by atoms with Crippen molar-refractivity contribution in [3.63, 3.8) is 0 Å². The Morgan fingerprint density at radius 2 is 1.59 bits per heavy atom. The van der Waals surface area contributed by atoms with Gasteiger partial charge in [-0.25, -0.2) is 9.63 Å². The highest BCUT2D eigenvalue weighted by molar-refractivity contribution is 6.10. The number of H-pyrrole nitrogens is 1. The third-order valence-corrected chi connectivity index (χ3v) is 6.63. The van der Waals surface area contributed by atoms with Gasteiger partial charge < -0.3 is 34.0 Å². The van der Waals surface area contributed by atoms with Gasteiger partial charge in [0.05, 0.1) is 24.6 Å². The molecule has 4 N–H and O–H groups in total. The Labute approximate surface area is 253 Å². The minimum atomic E-state index is -0.906. The fourth-order valence-electron chi connectivity index (χ4n) is 4.58. The van der Waals surface area contributed by atoms with Gasteiger partial charge in [0.25, 0.3) is 0 Å².